The SMILES string of the molecule is Cc1cccc(C)c1N[C@@H]([Si](C)(C)C)[Si](C)(C)[C@H]1N(c2c(C)cccc2C)[B]N(c2c(C)cccc2C)[C@H]([Si](C)(C)C)[Si]1(C)C. The van der Waals surface area contributed by atoms with Crippen LogP contribution in [0.1, 0.15) is 33.4 Å². The predicted molar refractivity (Wildman–Crippen MR) is 215 cm³/mol. The molecule has 1 radical (unpaired) electrons. The molecule has 3 atom stereocenters. The molecule has 1 aliphatic rings. The molecule has 3 aromatic carbocycles. The van der Waals surface area contributed by atoms with Crippen molar-refractivity contribution < 1.29 is 0 Å². The summed E-state index contributed by atoms with van der Waals surface area (Å²) in [5.41, 5.74) is 12.5. The summed E-state index contributed by atoms with van der Waals surface area (Å²) in [5, 5.41) is 5.96. The molecule has 0 amide bonds. The minimum atomic E-state index is -2.10. The highest BCUT2D eigenvalue weighted by Crippen LogP contribution is 2.45. The Bertz CT molecular complexity index is 1470. The Morgan fingerprint density at radius 3 is 1.31 bits per heavy atom. The average molecular weight is 671 g/mol. The molecule has 0 aromatic heterocycles. The van der Waals surface area contributed by atoms with Crippen molar-refractivity contribution >= 4 is 56.9 Å². The molecule has 1 aliphatic heterocycles. The molecule has 0 bridgehead atoms. The van der Waals surface area contributed by atoms with Crippen LogP contribution in [0, 0.1) is 41.5 Å². The number of rotatable bonds is 8. The molecular weight excluding hydrogens is 610 g/mol. The number of nitrogens with one attached hydrogen (secondary N) is 1. The second-order valence-corrected chi connectivity index (χ2v) is 39.3. The second kappa shape index (κ2) is 12.5. The maximum atomic E-state index is 4.35. The third-order valence-corrected chi connectivity index (χ3v) is 35.1. The third-order valence-electron chi connectivity index (χ3n) is 10.5. The van der Waals surface area contributed by atoms with Gasteiger partial charge >= 0.3 is 7.55 Å². The van der Waals surface area contributed by atoms with Gasteiger partial charge in [-0.3, -0.25) is 0 Å². The van der Waals surface area contributed by atoms with E-state index >= 15 is 0 Å². The van der Waals surface area contributed by atoms with Crippen LogP contribution in [-0.2, 0) is 0 Å². The largest absolute Gasteiger partial charge is 0.401 e. The first-order valence-electron chi connectivity index (χ1n) is 17.0. The van der Waals surface area contributed by atoms with E-state index in [1.165, 1.54) is 50.4 Å². The molecular formula is C37H61BN3Si4. The van der Waals surface area contributed by atoms with Gasteiger partial charge in [0.05, 0.1) is 32.3 Å². The van der Waals surface area contributed by atoms with Crippen molar-refractivity contribution in [1.29, 1.82) is 0 Å². The Balaban J connectivity index is 2.04. The maximum Gasteiger partial charge on any atom is 0.390 e. The Morgan fingerprint density at radius 1 is 0.600 bits per heavy atom. The van der Waals surface area contributed by atoms with E-state index in [-0.39, 0.29) is 0 Å². The summed E-state index contributed by atoms with van der Waals surface area (Å²) in [4.78, 5) is 5.66. The summed E-state index contributed by atoms with van der Waals surface area (Å²) in [6.07, 6.45) is 0. The molecule has 1 N–H and O–H groups in total. The van der Waals surface area contributed by atoms with Gasteiger partial charge in [-0.25, -0.2) is 0 Å². The summed E-state index contributed by atoms with van der Waals surface area (Å²) >= 11 is 0. The van der Waals surface area contributed by atoms with Crippen LogP contribution in [0.2, 0.25) is 65.5 Å². The Labute approximate surface area is 281 Å². The van der Waals surface area contributed by atoms with Gasteiger partial charge in [-0.2, -0.15) is 0 Å². The third kappa shape index (κ3) is 6.72. The smallest absolute Gasteiger partial charge is 0.390 e. The number of hydrogen-bond donors (Lipinski definition) is 1. The molecule has 3 aromatic rings. The minimum absolute atomic E-state index is 0.510. The van der Waals surface area contributed by atoms with Crippen molar-refractivity contribution in [3.63, 3.8) is 0 Å². The number of nitrogens with zero attached hydrogens (tertiary/aromatic N) is 2. The van der Waals surface area contributed by atoms with Gasteiger partial charge in [-0.05, 0) is 74.9 Å². The summed E-state index contributed by atoms with van der Waals surface area (Å²) in [7, 11) is -4.93. The Hall–Kier alpha value is -2.01. The highest BCUT2D eigenvalue weighted by molar-refractivity contribution is 7.12. The Kier molecular flexibility index (Phi) is 9.99. The summed E-state index contributed by atoms with van der Waals surface area (Å²) in [6, 6.07) is 20.5. The number of anilines is 3. The molecule has 1 saturated heterocycles. The zero-order chi connectivity index (χ0) is 33.9. The molecule has 0 saturated carbocycles. The van der Waals surface area contributed by atoms with E-state index < -0.39 is 32.3 Å². The van der Waals surface area contributed by atoms with Gasteiger partial charge in [-0.1, -0.05) is 120 Å². The molecule has 1 heterocycles. The van der Waals surface area contributed by atoms with Crippen LogP contribution < -0.4 is 14.9 Å². The van der Waals surface area contributed by atoms with E-state index in [1.54, 1.807) is 0 Å². The lowest BCUT2D eigenvalue weighted by atomic mass is 9.96. The first-order valence-corrected chi connectivity index (χ1v) is 30.4. The van der Waals surface area contributed by atoms with E-state index in [4.69, 9.17) is 0 Å². The summed E-state index contributed by atoms with van der Waals surface area (Å²) in [6.45, 7) is 40.6. The van der Waals surface area contributed by atoms with E-state index in [9.17, 15) is 0 Å². The molecule has 45 heavy (non-hydrogen) atoms. The van der Waals surface area contributed by atoms with Crippen LogP contribution in [0.15, 0.2) is 54.6 Å². The van der Waals surface area contributed by atoms with Crippen LogP contribution in [0.25, 0.3) is 0 Å². The predicted octanol–water partition coefficient (Wildman–Crippen LogP) is 9.94. The topological polar surface area (TPSA) is 18.5 Å². The zero-order valence-corrected chi connectivity index (χ0v) is 35.4. The van der Waals surface area contributed by atoms with Crippen molar-refractivity contribution in [3.8, 4) is 0 Å². The van der Waals surface area contributed by atoms with E-state index in [0.29, 0.717) is 15.9 Å². The maximum absolute atomic E-state index is 4.35. The lowest BCUT2D eigenvalue weighted by Crippen LogP contribution is -2.86. The fourth-order valence-electron chi connectivity index (χ4n) is 9.65. The van der Waals surface area contributed by atoms with Crippen molar-refractivity contribution in [2.45, 2.75) is 123 Å². The number of para-hydroxylation sites is 3. The van der Waals surface area contributed by atoms with E-state index in [2.05, 4.69) is 184 Å². The molecule has 3 nitrogen and oxygen atoms in total. The molecule has 0 unspecified atom stereocenters. The molecule has 0 aliphatic carbocycles. The normalized spacial score (nSPS) is 19.7. The van der Waals surface area contributed by atoms with Crippen molar-refractivity contribution in [2.75, 3.05) is 14.9 Å². The van der Waals surface area contributed by atoms with Gasteiger partial charge in [0.2, 0.25) is 0 Å². The standard InChI is InChI=1S/C37H61BN3Si4/c1-26-20-17-21-27(2)32(26)39-35(42(7,8)9)44(13,14)37-41(34-30(5)24-19-25-31(34)6)38-40(33-28(3)22-18-23-29(33)4)36(43(10,11)12)45(37,15)16/h17-25,35-37,39H,1-16H3/t35-,36+,37+/m0/s1. The van der Waals surface area contributed by atoms with Gasteiger partial charge in [-0.15, -0.1) is 0 Å². The van der Waals surface area contributed by atoms with Gasteiger partial charge in [0.15, 0.2) is 0 Å². The highest BCUT2D eigenvalue weighted by Gasteiger charge is 2.62. The second-order valence-electron chi connectivity index (χ2n) is 17.4. The van der Waals surface area contributed by atoms with Crippen molar-refractivity contribution in [2.24, 2.45) is 0 Å². The number of benzene rings is 3. The van der Waals surface area contributed by atoms with Gasteiger partial charge in [0.25, 0.3) is 0 Å². The minimum Gasteiger partial charge on any atom is -0.401 e. The Morgan fingerprint density at radius 2 is 0.956 bits per heavy atom. The lowest BCUT2D eigenvalue weighted by Gasteiger charge is -2.65. The molecule has 243 valence electrons. The van der Waals surface area contributed by atoms with Gasteiger partial charge < -0.3 is 14.9 Å². The van der Waals surface area contributed by atoms with Crippen LogP contribution in [0.5, 0.6) is 0 Å². The molecule has 0 spiro atoms. The quantitative estimate of drug-likeness (QED) is 0.241. The lowest BCUT2D eigenvalue weighted by molar-refractivity contribution is 0.910. The van der Waals surface area contributed by atoms with Crippen LogP contribution in [0.3, 0.4) is 0 Å². The molecule has 4 rings (SSSR count). The van der Waals surface area contributed by atoms with Crippen molar-refractivity contribution in [1.82, 2.24) is 0 Å². The van der Waals surface area contributed by atoms with Crippen LogP contribution in [-0.4, -0.2) is 55.7 Å². The molecule has 8 heteroatoms. The average Bonchev–Trinajstić information content (AvgIpc) is 2.85. The van der Waals surface area contributed by atoms with Crippen molar-refractivity contribution in [3.05, 3.63) is 88.0 Å². The van der Waals surface area contributed by atoms with Crippen LogP contribution >= 0.6 is 0 Å². The highest BCUT2D eigenvalue weighted by atomic mass is 28.4. The summed E-state index contributed by atoms with van der Waals surface area (Å²) < 4.78 is 0. The van der Waals surface area contributed by atoms with E-state index in [1.807, 2.05) is 0 Å². The first-order chi connectivity index (χ1) is 20.6. The first kappa shape index (κ1) is 35.8. The monoisotopic (exact) mass is 670 g/mol. The van der Waals surface area contributed by atoms with Gasteiger partial charge in [0, 0.05) is 32.9 Å². The number of aryl methyl sites for hydroxylation is 6. The van der Waals surface area contributed by atoms with E-state index in [0.717, 1.165) is 0 Å². The zero-order valence-electron chi connectivity index (χ0n) is 31.4. The molecule has 1 fully saturated rings. The van der Waals surface area contributed by atoms with Gasteiger partial charge in [0.1, 0.15) is 0 Å². The number of hydrogen-bond acceptors (Lipinski definition) is 3. The fraction of sp³-hybridized carbons (Fsp3) is 0.514. The fourth-order valence-corrected chi connectivity index (χ4v) is 43.6. The van der Waals surface area contributed by atoms with Crippen LogP contribution in [0.4, 0.5) is 17.1 Å². The summed E-state index contributed by atoms with van der Waals surface area (Å²) in [5.74, 6) is 0.